The Balaban J connectivity index is 0. The number of hydrogen-bond acceptors (Lipinski definition) is 5. The Morgan fingerprint density at radius 2 is 1.62 bits per heavy atom. The molecular weight excluding hydrogens is 510 g/mol. The first-order valence-electron chi connectivity index (χ1n) is 13.6. The molecular formula is C31H51N3O4S. The molecule has 0 bridgehead atoms. The third-order valence-electron chi connectivity index (χ3n) is 5.38. The van der Waals surface area contributed by atoms with Gasteiger partial charge >= 0.3 is 0 Å². The zero-order valence-electron chi connectivity index (χ0n) is 25.1. The molecule has 220 valence electrons. The van der Waals surface area contributed by atoms with Crippen LogP contribution in [0.5, 0.6) is 0 Å². The molecule has 0 aliphatic carbocycles. The highest BCUT2D eigenvalue weighted by Gasteiger charge is 2.20. The maximum Gasteiger partial charge on any atom is 0.221 e. The Hall–Kier alpha value is -2.84. The molecule has 0 aliphatic rings. The van der Waals surface area contributed by atoms with Crippen LogP contribution in [-0.2, 0) is 20.8 Å². The Morgan fingerprint density at radius 1 is 1.05 bits per heavy atom. The van der Waals surface area contributed by atoms with E-state index in [0.717, 1.165) is 18.4 Å². The molecule has 4 N–H and O–H groups in total. The first-order valence-corrected chi connectivity index (χ1v) is 14.1. The minimum absolute atomic E-state index is 0.0126. The predicted octanol–water partition coefficient (Wildman–Crippen LogP) is 5.17. The molecule has 2 aromatic rings. The van der Waals surface area contributed by atoms with Crippen LogP contribution in [0.15, 0.2) is 54.6 Å². The van der Waals surface area contributed by atoms with Gasteiger partial charge in [0.2, 0.25) is 18.2 Å². The summed E-state index contributed by atoms with van der Waals surface area (Å²) in [6.07, 6.45) is 2.77. The van der Waals surface area contributed by atoms with E-state index in [-0.39, 0.29) is 35.3 Å². The summed E-state index contributed by atoms with van der Waals surface area (Å²) in [5.41, 5.74) is 3.42. The third kappa shape index (κ3) is 21.8. The highest BCUT2D eigenvalue weighted by atomic mass is 32.1. The molecule has 1 unspecified atom stereocenters. The fourth-order valence-corrected chi connectivity index (χ4v) is 3.43. The van der Waals surface area contributed by atoms with E-state index in [0.29, 0.717) is 19.4 Å². The van der Waals surface area contributed by atoms with Gasteiger partial charge in [0.05, 0.1) is 6.61 Å². The number of aliphatic hydroxyl groups is 1. The van der Waals surface area contributed by atoms with Crippen LogP contribution in [0.25, 0.3) is 0 Å². The van der Waals surface area contributed by atoms with Crippen LogP contribution in [0, 0.1) is 6.92 Å². The topological polar surface area (TPSA) is 108 Å². The predicted molar refractivity (Wildman–Crippen MR) is 166 cm³/mol. The lowest BCUT2D eigenvalue weighted by Gasteiger charge is -2.25. The molecule has 3 amide bonds. The summed E-state index contributed by atoms with van der Waals surface area (Å²) in [7, 11) is 0. The van der Waals surface area contributed by atoms with Crippen LogP contribution < -0.4 is 16.0 Å². The molecule has 2 aromatic carbocycles. The molecule has 7 nitrogen and oxygen atoms in total. The minimum atomic E-state index is -0.141. The zero-order chi connectivity index (χ0) is 30.3. The van der Waals surface area contributed by atoms with Gasteiger partial charge in [-0.25, -0.2) is 0 Å². The number of amides is 3. The van der Waals surface area contributed by atoms with Crippen molar-refractivity contribution in [2.45, 2.75) is 91.5 Å². The summed E-state index contributed by atoms with van der Waals surface area (Å²) in [6.45, 7) is 16.1. The Bertz CT molecular complexity index is 906. The van der Waals surface area contributed by atoms with Gasteiger partial charge in [-0.05, 0) is 51.7 Å². The first-order chi connectivity index (χ1) is 18.4. The van der Waals surface area contributed by atoms with Crippen LogP contribution >= 0.6 is 12.6 Å². The van der Waals surface area contributed by atoms with Gasteiger partial charge in [0.25, 0.3) is 0 Å². The SMILES string of the molecule is CC.CC(=O)N[C@H](C)Cc1ccccc1.CCC(C)(C)NC(=O)CC(S)c1ccc(C)cc1.O=CNCCO. The maximum absolute atomic E-state index is 11.9. The van der Waals surface area contributed by atoms with E-state index in [4.69, 9.17) is 5.11 Å². The van der Waals surface area contributed by atoms with Gasteiger partial charge in [0.15, 0.2) is 0 Å². The summed E-state index contributed by atoms with van der Waals surface area (Å²) in [4.78, 5) is 32.0. The quantitative estimate of drug-likeness (QED) is 0.148. The lowest BCUT2D eigenvalue weighted by molar-refractivity contribution is -0.123. The second-order valence-corrected chi connectivity index (χ2v) is 10.1. The van der Waals surface area contributed by atoms with E-state index in [1.54, 1.807) is 6.92 Å². The molecule has 0 saturated carbocycles. The number of nitrogens with one attached hydrogen (secondary N) is 3. The van der Waals surface area contributed by atoms with Gasteiger partial charge < -0.3 is 21.1 Å². The fourth-order valence-electron chi connectivity index (χ4n) is 3.09. The minimum Gasteiger partial charge on any atom is -0.395 e. The number of carbonyl (C=O) groups is 3. The van der Waals surface area contributed by atoms with Gasteiger partial charge in [-0.1, -0.05) is 80.9 Å². The average Bonchev–Trinajstić information content (AvgIpc) is 2.89. The number of thiol groups is 1. The lowest BCUT2D eigenvalue weighted by Crippen LogP contribution is -2.43. The molecule has 0 fully saturated rings. The van der Waals surface area contributed by atoms with Crippen molar-refractivity contribution in [3.8, 4) is 0 Å². The molecule has 0 radical (unpaired) electrons. The molecule has 0 spiro atoms. The molecule has 2 rings (SSSR count). The number of benzene rings is 2. The van der Waals surface area contributed by atoms with Crippen molar-refractivity contribution in [2.75, 3.05) is 13.2 Å². The van der Waals surface area contributed by atoms with Gasteiger partial charge in [-0.3, -0.25) is 14.4 Å². The maximum atomic E-state index is 11.9. The first kappa shape index (κ1) is 38.3. The van der Waals surface area contributed by atoms with Gasteiger partial charge in [-0.15, -0.1) is 0 Å². The summed E-state index contributed by atoms with van der Waals surface area (Å²) >= 11 is 4.51. The second-order valence-electron chi connectivity index (χ2n) is 9.50. The van der Waals surface area contributed by atoms with E-state index in [9.17, 15) is 14.4 Å². The third-order valence-corrected chi connectivity index (χ3v) is 5.86. The van der Waals surface area contributed by atoms with Crippen molar-refractivity contribution in [1.82, 2.24) is 16.0 Å². The van der Waals surface area contributed by atoms with Crippen molar-refractivity contribution in [2.24, 2.45) is 0 Å². The second kappa shape index (κ2) is 23.1. The number of carbonyl (C=O) groups excluding carboxylic acids is 3. The lowest BCUT2D eigenvalue weighted by atomic mass is 10.0. The number of hydrogen-bond donors (Lipinski definition) is 5. The van der Waals surface area contributed by atoms with E-state index < -0.39 is 0 Å². The van der Waals surface area contributed by atoms with E-state index >= 15 is 0 Å². The summed E-state index contributed by atoms with van der Waals surface area (Å²) < 4.78 is 0. The average molecular weight is 562 g/mol. The van der Waals surface area contributed by atoms with Gasteiger partial charge in [0.1, 0.15) is 0 Å². The number of aryl methyl sites for hydroxylation is 1. The number of aliphatic hydroxyl groups excluding tert-OH is 1. The smallest absolute Gasteiger partial charge is 0.221 e. The number of rotatable bonds is 11. The highest BCUT2D eigenvalue weighted by Crippen LogP contribution is 2.24. The van der Waals surface area contributed by atoms with Crippen LogP contribution in [0.2, 0.25) is 0 Å². The highest BCUT2D eigenvalue weighted by molar-refractivity contribution is 7.80. The zero-order valence-corrected chi connectivity index (χ0v) is 26.0. The molecule has 8 heteroatoms. The van der Waals surface area contributed by atoms with Gasteiger partial charge in [-0.2, -0.15) is 12.6 Å². The molecule has 2 atom stereocenters. The van der Waals surface area contributed by atoms with E-state index in [2.05, 4.69) is 47.6 Å². The van der Waals surface area contributed by atoms with Crippen LogP contribution in [0.3, 0.4) is 0 Å². The van der Waals surface area contributed by atoms with Crippen molar-refractivity contribution in [1.29, 1.82) is 0 Å². The van der Waals surface area contributed by atoms with Crippen LogP contribution in [-0.4, -0.2) is 48.1 Å². The Labute approximate surface area is 242 Å². The van der Waals surface area contributed by atoms with E-state index in [1.807, 2.05) is 84.0 Å². The summed E-state index contributed by atoms with van der Waals surface area (Å²) in [6, 6.07) is 18.5. The Morgan fingerprint density at radius 3 is 2.05 bits per heavy atom. The largest absolute Gasteiger partial charge is 0.395 e. The van der Waals surface area contributed by atoms with Crippen LogP contribution in [0.4, 0.5) is 0 Å². The van der Waals surface area contributed by atoms with Gasteiger partial charge in [0, 0.05) is 36.7 Å². The van der Waals surface area contributed by atoms with Crippen molar-refractivity contribution < 1.29 is 19.5 Å². The molecule has 0 heterocycles. The fraction of sp³-hybridized carbons (Fsp3) is 0.516. The monoisotopic (exact) mass is 561 g/mol. The Kier molecular flexibility index (Phi) is 22.7. The molecule has 39 heavy (non-hydrogen) atoms. The summed E-state index contributed by atoms with van der Waals surface area (Å²) in [5, 5.41) is 16.1. The normalized spacial score (nSPS) is 11.4. The molecule has 0 aromatic heterocycles. The standard InChI is InChI=1S/C15H23NOS.C11H15NO.C3H7NO2.C2H6/c1-5-15(3,4)16-14(17)10-13(18)12-8-6-11(2)7-9-12;1-9(12-10(2)13)8-11-6-4-3-5-7-11;5-2-1-4-3-6;1-2/h6-9,13,18H,5,10H2,1-4H3,(H,16,17);3-7,9H,8H2,1-2H3,(H,12,13);3,5H,1-2H2,(H,4,6);1-2H3/t;9-;;/m.1../s1. The van der Waals surface area contributed by atoms with E-state index in [1.165, 1.54) is 11.1 Å². The van der Waals surface area contributed by atoms with Crippen molar-refractivity contribution in [3.63, 3.8) is 0 Å². The van der Waals surface area contributed by atoms with Crippen molar-refractivity contribution in [3.05, 3.63) is 71.3 Å². The van der Waals surface area contributed by atoms with Crippen LogP contribution in [0.1, 0.15) is 83.2 Å². The van der Waals surface area contributed by atoms with Crippen molar-refractivity contribution >= 4 is 30.9 Å². The molecule has 0 saturated heterocycles. The molecule has 0 aliphatic heterocycles. The summed E-state index contributed by atoms with van der Waals surface area (Å²) in [5.74, 6) is 0.0888.